The number of benzene rings is 1. The lowest BCUT2D eigenvalue weighted by Crippen LogP contribution is -2.04. The molecule has 3 N–H and O–H groups in total. The van der Waals surface area contributed by atoms with Crippen molar-refractivity contribution in [2.75, 3.05) is 12.8 Å². The van der Waals surface area contributed by atoms with E-state index in [0.29, 0.717) is 0 Å². The van der Waals surface area contributed by atoms with Crippen molar-refractivity contribution in [3.8, 4) is 11.6 Å². The van der Waals surface area contributed by atoms with Crippen molar-refractivity contribution in [3.05, 3.63) is 47.7 Å². The molecule has 1 aromatic heterocycles. The molecule has 20 heavy (non-hydrogen) atoms. The van der Waals surface area contributed by atoms with E-state index < -0.39 is 5.97 Å². The lowest BCUT2D eigenvalue weighted by Gasteiger charge is -2.08. The van der Waals surface area contributed by atoms with E-state index in [1.165, 1.54) is 12.3 Å². The van der Waals surface area contributed by atoms with Gasteiger partial charge in [0.15, 0.2) is 0 Å². The Hall–Kier alpha value is -2.76. The molecule has 0 fully saturated rings. The normalized spacial score (nSPS) is 10.1. The summed E-state index contributed by atoms with van der Waals surface area (Å²) in [5.74, 6) is -0.103. The van der Waals surface area contributed by atoms with Crippen LogP contribution < -0.4 is 15.2 Å². The number of hydrogen-bond donors (Lipinski definition) is 2. The number of carbonyl (C=O) groups is 1. The number of nitrogens with zero attached hydrogens (tertiary/aromatic N) is 1. The van der Waals surface area contributed by atoms with E-state index in [4.69, 9.17) is 20.3 Å². The molecule has 0 saturated heterocycles. The number of carboxylic acids is 1. The minimum atomic E-state index is -1.08. The first-order chi connectivity index (χ1) is 9.60. The van der Waals surface area contributed by atoms with E-state index in [-0.39, 0.29) is 23.7 Å². The summed E-state index contributed by atoms with van der Waals surface area (Å²) in [6.07, 6.45) is 1.21. The van der Waals surface area contributed by atoms with Crippen molar-refractivity contribution in [1.29, 1.82) is 0 Å². The summed E-state index contributed by atoms with van der Waals surface area (Å²) in [6.45, 7) is 0.285. The Morgan fingerprint density at radius 1 is 1.35 bits per heavy atom. The summed E-state index contributed by atoms with van der Waals surface area (Å²) in [5, 5.41) is 8.81. The standard InChI is InChI=1S/C14H14N2O4/c1-19-11-4-2-9(3-5-11)8-20-13-12(15)6-10(7-16-13)14(17)18/h2-7H,8,15H2,1H3,(H,17,18). The van der Waals surface area contributed by atoms with Crippen molar-refractivity contribution >= 4 is 11.7 Å². The molecule has 2 rings (SSSR count). The summed E-state index contributed by atoms with van der Waals surface area (Å²) in [7, 11) is 1.60. The number of rotatable bonds is 5. The van der Waals surface area contributed by atoms with Gasteiger partial charge < -0.3 is 20.3 Å². The van der Waals surface area contributed by atoms with Crippen molar-refractivity contribution in [2.24, 2.45) is 0 Å². The van der Waals surface area contributed by atoms with Gasteiger partial charge in [0.1, 0.15) is 12.4 Å². The summed E-state index contributed by atoms with van der Waals surface area (Å²) in [4.78, 5) is 14.7. The molecule has 2 aromatic rings. The molecular weight excluding hydrogens is 260 g/mol. The first kappa shape index (κ1) is 13.7. The van der Waals surface area contributed by atoms with Gasteiger partial charge in [0.25, 0.3) is 0 Å². The van der Waals surface area contributed by atoms with Gasteiger partial charge in [0.2, 0.25) is 5.88 Å². The Bertz CT molecular complexity index is 611. The third-order valence-corrected chi connectivity index (χ3v) is 2.66. The van der Waals surface area contributed by atoms with Gasteiger partial charge in [0.05, 0.1) is 18.4 Å². The molecule has 0 atom stereocenters. The maximum absolute atomic E-state index is 10.8. The quantitative estimate of drug-likeness (QED) is 0.865. The van der Waals surface area contributed by atoms with Gasteiger partial charge in [-0.2, -0.15) is 0 Å². The molecule has 0 amide bonds. The highest BCUT2D eigenvalue weighted by Gasteiger charge is 2.08. The van der Waals surface area contributed by atoms with Crippen LogP contribution in [0.25, 0.3) is 0 Å². The van der Waals surface area contributed by atoms with Crippen LogP contribution in [0.4, 0.5) is 5.69 Å². The predicted molar refractivity (Wildman–Crippen MR) is 72.9 cm³/mol. The van der Waals surface area contributed by atoms with Crippen LogP contribution in [0.1, 0.15) is 15.9 Å². The number of carboxylic acid groups (broad SMARTS) is 1. The number of hydrogen-bond acceptors (Lipinski definition) is 5. The predicted octanol–water partition coefficient (Wildman–Crippen LogP) is 1.95. The Labute approximate surface area is 115 Å². The monoisotopic (exact) mass is 274 g/mol. The smallest absolute Gasteiger partial charge is 0.337 e. The zero-order valence-electron chi connectivity index (χ0n) is 10.9. The Morgan fingerprint density at radius 2 is 2.05 bits per heavy atom. The molecule has 0 radical (unpaired) electrons. The highest BCUT2D eigenvalue weighted by molar-refractivity contribution is 5.88. The number of ether oxygens (including phenoxy) is 2. The summed E-state index contributed by atoms with van der Waals surface area (Å²) >= 11 is 0. The molecule has 0 aliphatic rings. The molecule has 1 heterocycles. The molecule has 6 heteroatoms. The van der Waals surface area contributed by atoms with Gasteiger partial charge in [0, 0.05) is 6.20 Å². The summed E-state index contributed by atoms with van der Waals surface area (Å²) in [6, 6.07) is 8.69. The molecule has 6 nitrogen and oxygen atoms in total. The number of methoxy groups -OCH3 is 1. The Kier molecular flexibility index (Phi) is 4.05. The van der Waals surface area contributed by atoms with E-state index in [0.717, 1.165) is 11.3 Å². The van der Waals surface area contributed by atoms with Crippen LogP contribution >= 0.6 is 0 Å². The average Bonchev–Trinajstić information content (AvgIpc) is 2.46. The SMILES string of the molecule is COc1ccc(COc2ncc(C(=O)O)cc2N)cc1. The number of nitrogen functional groups attached to an aromatic ring is 1. The molecule has 0 saturated carbocycles. The fourth-order valence-electron chi connectivity index (χ4n) is 1.58. The number of aromatic nitrogens is 1. The van der Waals surface area contributed by atoms with Crippen molar-refractivity contribution in [3.63, 3.8) is 0 Å². The van der Waals surface area contributed by atoms with Crippen LogP contribution in [-0.4, -0.2) is 23.2 Å². The van der Waals surface area contributed by atoms with E-state index >= 15 is 0 Å². The second kappa shape index (κ2) is 5.92. The number of aromatic carboxylic acids is 1. The zero-order valence-corrected chi connectivity index (χ0v) is 10.9. The van der Waals surface area contributed by atoms with E-state index in [1.54, 1.807) is 7.11 Å². The highest BCUT2D eigenvalue weighted by atomic mass is 16.5. The maximum Gasteiger partial charge on any atom is 0.337 e. The van der Waals surface area contributed by atoms with Crippen LogP contribution in [0.5, 0.6) is 11.6 Å². The van der Waals surface area contributed by atoms with Gasteiger partial charge in [-0.3, -0.25) is 0 Å². The molecular formula is C14H14N2O4. The lowest BCUT2D eigenvalue weighted by atomic mass is 10.2. The minimum absolute atomic E-state index is 0.0271. The lowest BCUT2D eigenvalue weighted by molar-refractivity contribution is 0.0696. The van der Waals surface area contributed by atoms with Crippen LogP contribution in [0.2, 0.25) is 0 Å². The topological polar surface area (TPSA) is 94.7 Å². The van der Waals surface area contributed by atoms with Crippen LogP contribution in [-0.2, 0) is 6.61 Å². The fourth-order valence-corrected chi connectivity index (χ4v) is 1.58. The zero-order chi connectivity index (χ0) is 14.5. The second-order valence-electron chi connectivity index (χ2n) is 4.06. The third-order valence-electron chi connectivity index (χ3n) is 2.66. The average molecular weight is 274 g/mol. The van der Waals surface area contributed by atoms with E-state index in [2.05, 4.69) is 4.98 Å². The highest BCUT2D eigenvalue weighted by Crippen LogP contribution is 2.20. The Balaban J connectivity index is 2.04. The molecule has 104 valence electrons. The molecule has 0 spiro atoms. The number of anilines is 1. The molecule has 0 aliphatic heterocycles. The van der Waals surface area contributed by atoms with Crippen molar-refractivity contribution in [2.45, 2.75) is 6.61 Å². The van der Waals surface area contributed by atoms with E-state index in [1.807, 2.05) is 24.3 Å². The van der Waals surface area contributed by atoms with Crippen molar-refractivity contribution < 1.29 is 19.4 Å². The largest absolute Gasteiger partial charge is 0.497 e. The maximum atomic E-state index is 10.8. The van der Waals surface area contributed by atoms with E-state index in [9.17, 15) is 4.79 Å². The third kappa shape index (κ3) is 3.17. The second-order valence-corrected chi connectivity index (χ2v) is 4.06. The van der Waals surface area contributed by atoms with Gasteiger partial charge in [-0.1, -0.05) is 12.1 Å². The number of nitrogens with two attached hydrogens (primary N) is 1. The summed E-state index contributed by atoms with van der Waals surface area (Å²) in [5.41, 5.74) is 6.84. The van der Waals surface area contributed by atoms with Crippen LogP contribution in [0, 0.1) is 0 Å². The van der Waals surface area contributed by atoms with Gasteiger partial charge in [-0.05, 0) is 23.8 Å². The van der Waals surface area contributed by atoms with Crippen molar-refractivity contribution in [1.82, 2.24) is 4.98 Å². The van der Waals surface area contributed by atoms with Crippen LogP contribution in [0.15, 0.2) is 36.5 Å². The van der Waals surface area contributed by atoms with Crippen LogP contribution in [0.3, 0.4) is 0 Å². The summed E-state index contributed by atoms with van der Waals surface area (Å²) < 4.78 is 10.5. The molecule has 0 bridgehead atoms. The van der Waals surface area contributed by atoms with Gasteiger partial charge in [-0.15, -0.1) is 0 Å². The first-order valence-corrected chi connectivity index (χ1v) is 5.84. The number of pyridine rings is 1. The fraction of sp³-hybridized carbons (Fsp3) is 0.143. The minimum Gasteiger partial charge on any atom is -0.497 e. The van der Waals surface area contributed by atoms with Gasteiger partial charge >= 0.3 is 5.97 Å². The van der Waals surface area contributed by atoms with Gasteiger partial charge in [-0.25, -0.2) is 9.78 Å². The first-order valence-electron chi connectivity index (χ1n) is 5.84. The Morgan fingerprint density at radius 3 is 2.60 bits per heavy atom. The molecule has 0 unspecified atom stereocenters. The molecule has 1 aromatic carbocycles. The molecule has 0 aliphatic carbocycles.